The Labute approximate surface area is 222 Å². The Hall–Kier alpha value is -3.08. The Morgan fingerprint density at radius 2 is 1.59 bits per heavy atom. The van der Waals surface area contributed by atoms with Gasteiger partial charge in [0.2, 0.25) is 0 Å². The number of unbranched alkanes of at least 4 members (excludes halogenated alkanes) is 5. The van der Waals surface area contributed by atoms with E-state index < -0.39 is 5.60 Å². The second kappa shape index (κ2) is 13.5. The Kier molecular flexibility index (Phi) is 10.4. The maximum atomic E-state index is 12.8. The number of benzene rings is 2. The lowest BCUT2D eigenvalue weighted by molar-refractivity contribution is -0.121. The van der Waals surface area contributed by atoms with E-state index in [4.69, 9.17) is 9.47 Å². The third-order valence-electron chi connectivity index (χ3n) is 6.47. The summed E-state index contributed by atoms with van der Waals surface area (Å²) in [5.74, 6) is 0.368. The molecule has 37 heavy (non-hydrogen) atoms. The highest BCUT2D eigenvalue weighted by atomic mass is 16.6. The zero-order valence-electron chi connectivity index (χ0n) is 23.3. The lowest BCUT2D eigenvalue weighted by Crippen LogP contribution is -2.23. The second-order valence-electron chi connectivity index (χ2n) is 10.9. The van der Waals surface area contributed by atoms with E-state index in [9.17, 15) is 9.59 Å². The van der Waals surface area contributed by atoms with Crippen LogP contribution in [0.3, 0.4) is 0 Å². The predicted molar refractivity (Wildman–Crippen MR) is 151 cm³/mol. The first kappa shape index (κ1) is 28.5. The van der Waals surface area contributed by atoms with Crippen LogP contribution in [0.1, 0.15) is 94.6 Å². The van der Waals surface area contributed by atoms with Crippen LogP contribution in [0.15, 0.2) is 48.7 Å². The summed E-state index contributed by atoms with van der Waals surface area (Å²) in [6.45, 7) is 10.1. The van der Waals surface area contributed by atoms with E-state index >= 15 is 0 Å². The van der Waals surface area contributed by atoms with Crippen molar-refractivity contribution in [2.24, 2.45) is 0 Å². The van der Waals surface area contributed by atoms with Gasteiger partial charge in [0.05, 0.1) is 12.1 Å². The molecule has 0 aliphatic heterocycles. The fraction of sp³-hybridized carbons (Fsp3) is 0.500. The molecular formula is C32H43NO4. The lowest BCUT2D eigenvalue weighted by Gasteiger charge is -2.19. The van der Waals surface area contributed by atoms with E-state index in [0.717, 1.165) is 29.3 Å². The molecule has 0 amide bonds. The molecule has 5 nitrogen and oxygen atoms in total. The van der Waals surface area contributed by atoms with Crippen LogP contribution in [-0.2, 0) is 28.9 Å². The first-order chi connectivity index (χ1) is 17.7. The molecule has 0 atom stereocenters. The minimum atomic E-state index is -0.549. The number of rotatable bonds is 14. The molecule has 2 aromatic carbocycles. The summed E-state index contributed by atoms with van der Waals surface area (Å²) in [5, 5.41) is 0.973. The third kappa shape index (κ3) is 8.77. The summed E-state index contributed by atoms with van der Waals surface area (Å²) in [7, 11) is 0. The summed E-state index contributed by atoms with van der Waals surface area (Å²) in [6.07, 6.45) is 11.6. The van der Waals surface area contributed by atoms with Crippen molar-refractivity contribution in [2.45, 2.75) is 98.1 Å². The first-order valence-electron chi connectivity index (χ1n) is 13.8. The molecule has 0 saturated carbocycles. The SMILES string of the molecule is CCCCCCCCc1ccc(OCC(=O)Cn2cc(CC)c3cc(C(=O)OC(C)(C)C)ccc32)cc1. The average Bonchev–Trinajstić information content (AvgIpc) is 3.21. The van der Waals surface area contributed by atoms with Crippen LogP contribution in [0.5, 0.6) is 5.75 Å². The average molecular weight is 506 g/mol. The quantitative estimate of drug-likeness (QED) is 0.166. The van der Waals surface area contributed by atoms with Gasteiger partial charge in [0.1, 0.15) is 18.0 Å². The molecule has 0 fully saturated rings. The second-order valence-corrected chi connectivity index (χ2v) is 10.9. The number of carbonyl (C=O) groups excluding carboxylic acids is 2. The zero-order valence-corrected chi connectivity index (χ0v) is 23.3. The minimum Gasteiger partial charge on any atom is -0.486 e. The van der Waals surface area contributed by atoms with Gasteiger partial charge in [-0.15, -0.1) is 0 Å². The number of fused-ring (bicyclic) bond motifs is 1. The number of Topliss-reactive ketones (excluding diaryl/α,β-unsaturated/α-hetero) is 1. The van der Waals surface area contributed by atoms with Crippen LogP contribution < -0.4 is 4.74 Å². The maximum absolute atomic E-state index is 12.8. The molecule has 1 aromatic heterocycles. The van der Waals surface area contributed by atoms with Crippen LogP contribution >= 0.6 is 0 Å². The Bertz CT molecular complexity index is 1170. The highest BCUT2D eigenvalue weighted by molar-refractivity contribution is 5.96. The van der Waals surface area contributed by atoms with E-state index in [1.807, 2.05) is 55.8 Å². The summed E-state index contributed by atoms with van der Waals surface area (Å²) < 4.78 is 13.2. The molecule has 3 rings (SSSR count). The summed E-state index contributed by atoms with van der Waals surface area (Å²) >= 11 is 0. The maximum Gasteiger partial charge on any atom is 0.338 e. The largest absolute Gasteiger partial charge is 0.486 e. The van der Waals surface area contributed by atoms with E-state index in [1.54, 1.807) is 6.07 Å². The number of aryl methyl sites for hydroxylation is 2. The summed E-state index contributed by atoms with van der Waals surface area (Å²) in [5.41, 5.74) is 3.30. The Morgan fingerprint density at radius 1 is 0.892 bits per heavy atom. The minimum absolute atomic E-state index is 0.00747. The number of hydrogen-bond acceptors (Lipinski definition) is 4. The lowest BCUT2D eigenvalue weighted by atomic mass is 10.0. The zero-order chi connectivity index (χ0) is 26.8. The smallest absolute Gasteiger partial charge is 0.338 e. The number of esters is 1. The van der Waals surface area contributed by atoms with Gasteiger partial charge in [-0.25, -0.2) is 4.79 Å². The number of ketones is 1. The van der Waals surface area contributed by atoms with Gasteiger partial charge in [-0.05, 0) is 81.5 Å². The Balaban J connectivity index is 1.55. The molecule has 0 aliphatic carbocycles. The van der Waals surface area contributed by atoms with Crippen molar-refractivity contribution in [3.63, 3.8) is 0 Å². The molecule has 0 aliphatic rings. The van der Waals surface area contributed by atoms with Crippen molar-refractivity contribution >= 4 is 22.7 Å². The topological polar surface area (TPSA) is 57.5 Å². The number of ether oxygens (including phenoxy) is 2. The molecule has 0 saturated heterocycles. The molecular weight excluding hydrogens is 462 g/mol. The molecule has 1 heterocycles. The molecule has 3 aromatic rings. The van der Waals surface area contributed by atoms with Crippen LogP contribution in [-0.4, -0.2) is 28.5 Å². The first-order valence-corrected chi connectivity index (χ1v) is 13.8. The Morgan fingerprint density at radius 3 is 2.27 bits per heavy atom. The predicted octanol–water partition coefficient (Wildman–Crippen LogP) is 7.71. The van der Waals surface area contributed by atoms with Crippen molar-refractivity contribution in [2.75, 3.05) is 6.61 Å². The van der Waals surface area contributed by atoms with Gasteiger partial charge in [0.25, 0.3) is 0 Å². The number of aromatic nitrogens is 1. The van der Waals surface area contributed by atoms with E-state index in [0.29, 0.717) is 11.3 Å². The van der Waals surface area contributed by atoms with Crippen molar-refractivity contribution in [3.05, 3.63) is 65.4 Å². The third-order valence-corrected chi connectivity index (χ3v) is 6.47. The molecule has 0 N–H and O–H groups in total. The van der Waals surface area contributed by atoms with Gasteiger partial charge in [-0.2, -0.15) is 0 Å². The van der Waals surface area contributed by atoms with Gasteiger partial charge in [-0.1, -0.05) is 58.1 Å². The van der Waals surface area contributed by atoms with Gasteiger partial charge in [-0.3, -0.25) is 4.79 Å². The highest BCUT2D eigenvalue weighted by Gasteiger charge is 2.19. The van der Waals surface area contributed by atoms with Crippen LogP contribution in [0.4, 0.5) is 0 Å². The van der Waals surface area contributed by atoms with E-state index in [1.165, 1.54) is 44.1 Å². The van der Waals surface area contributed by atoms with E-state index in [2.05, 4.69) is 26.0 Å². The van der Waals surface area contributed by atoms with E-state index in [-0.39, 0.29) is 24.9 Å². The highest BCUT2D eigenvalue weighted by Crippen LogP contribution is 2.25. The van der Waals surface area contributed by atoms with Crippen LogP contribution in [0.25, 0.3) is 10.9 Å². The standard InChI is InChI=1S/C32H43NO4/c1-6-8-9-10-11-12-13-24-14-17-28(18-15-24)36-23-27(34)22-33-21-25(7-2)29-20-26(16-19-30(29)33)31(35)37-32(3,4)5/h14-21H,6-13,22-23H2,1-5H3. The van der Waals surface area contributed by atoms with Gasteiger partial charge in [0, 0.05) is 17.1 Å². The summed E-state index contributed by atoms with van der Waals surface area (Å²) in [6, 6.07) is 13.6. The van der Waals surface area contributed by atoms with Crippen molar-refractivity contribution in [3.8, 4) is 5.75 Å². The molecule has 0 radical (unpaired) electrons. The monoisotopic (exact) mass is 505 g/mol. The fourth-order valence-electron chi connectivity index (χ4n) is 4.51. The van der Waals surface area contributed by atoms with Crippen molar-refractivity contribution in [1.82, 2.24) is 4.57 Å². The molecule has 5 heteroatoms. The number of hydrogen-bond donors (Lipinski definition) is 0. The molecule has 0 unspecified atom stereocenters. The van der Waals surface area contributed by atoms with Crippen molar-refractivity contribution in [1.29, 1.82) is 0 Å². The number of nitrogens with zero attached hydrogens (tertiary/aromatic N) is 1. The van der Waals surface area contributed by atoms with Crippen molar-refractivity contribution < 1.29 is 19.1 Å². The van der Waals surface area contributed by atoms with Crippen LogP contribution in [0, 0.1) is 0 Å². The van der Waals surface area contributed by atoms with Gasteiger partial charge >= 0.3 is 5.97 Å². The normalized spacial score (nSPS) is 11.6. The van der Waals surface area contributed by atoms with Gasteiger partial charge < -0.3 is 14.0 Å². The number of carbonyl (C=O) groups is 2. The molecule has 0 bridgehead atoms. The molecule has 0 spiro atoms. The van der Waals surface area contributed by atoms with Gasteiger partial charge in [0.15, 0.2) is 5.78 Å². The molecule has 200 valence electrons. The summed E-state index contributed by atoms with van der Waals surface area (Å²) in [4.78, 5) is 25.3. The fourth-order valence-corrected chi connectivity index (χ4v) is 4.51. The van der Waals surface area contributed by atoms with Crippen LogP contribution in [0.2, 0.25) is 0 Å².